The zero-order chi connectivity index (χ0) is 23.8. The first-order valence-corrected chi connectivity index (χ1v) is 13.1. The summed E-state index contributed by atoms with van der Waals surface area (Å²) in [6.07, 6.45) is 1.58. The minimum absolute atomic E-state index is 0.0316. The highest BCUT2D eigenvalue weighted by atomic mass is 32.2. The van der Waals surface area contributed by atoms with Crippen LogP contribution in [0.2, 0.25) is 0 Å². The Labute approximate surface area is 196 Å². The third kappa shape index (κ3) is 4.92. The lowest BCUT2D eigenvalue weighted by atomic mass is 9.90. The van der Waals surface area contributed by atoms with E-state index in [-0.39, 0.29) is 35.7 Å². The number of rotatable bonds is 3. The van der Waals surface area contributed by atoms with E-state index >= 15 is 0 Å². The van der Waals surface area contributed by atoms with Gasteiger partial charge in [-0.15, -0.1) is 0 Å². The van der Waals surface area contributed by atoms with Gasteiger partial charge in [-0.05, 0) is 35.7 Å². The Morgan fingerprint density at radius 3 is 2.21 bits per heavy atom. The highest BCUT2D eigenvalue weighted by Gasteiger charge is 2.37. The lowest BCUT2D eigenvalue weighted by Gasteiger charge is -2.40. The van der Waals surface area contributed by atoms with Crippen molar-refractivity contribution in [3.63, 3.8) is 0 Å². The van der Waals surface area contributed by atoms with E-state index in [4.69, 9.17) is 0 Å². The summed E-state index contributed by atoms with van der Waals surface area (Å²) in [5, 5.41) is 1.89. The number of fused-ring (bicyclic) bond motifs is 1. The van der Waals surface area contributed by atoms with E-state index in [0.29, 0.717) is 26.2 Å². The van der Waals surface area contributed by atoms with Gasteiger partial charge in [0.05, 0.1) is 10.8 Å². The number of hydrogen-bond acceptors (Lipinski definition) is 4. The number of carbonyl (C=O) groups excluding carboxylic acids is 2. The van der Waals surface area contributed by atoms with Crippen LogP contribution in [-0.2, 0) is 19.6 Å². The summed E-state index contributed by atoms with van der Waals surface area (Å²) in [6.45, 7) is 8.13. The van der Waals surface area contributed by atoms with Crippen LogP contribution in [-0.4, -0.2) is 73.6 Å². The normalized spacial score (nSPS) is 20.8. The van der Waals surface area contributed by atoms with E-state index in [1.807, 2.05) is 56.0 Å². The molecule has 0 N–H and O–H groups in total. The molecule has 2 aliphatic heterocycles. The molecule has 178 valence electrons. The topological polar surface area (TPSA) is 78.0 Å². The maximum absolute atomic E-state index is 13.2. The van der Waals surface area contributed by atoms with E-state index in [1.165, 1.54) is 4.31 Å². The van der Waals surface area contributed by atoms with Gasteiger partial charge >= 0.3 is 0 Å². The Morgan fingerprint density at radius 2 is 1.55 bits per heavy atom. The molecule has 1 atom stereocenters. The van der Waals surface area contributed by atoms with Gasteiger partial charge in [-0.25, -0.2) is 8.42 Å². The zero-order valence-corrected chi connectivity index (χ0v) is 20.5. The molecule has 2 saturated heterocycles. The number of piperazine rings is 1. The van der Waals surface area contributed by atoms with Crippen LogP contribution in [0, 0.1) is 11.3 Å². The van der Waals surface area contributed by atoms with Crippen LogP contribution < -0.4 is 0 Å². The fourth-order valence-electron chi connectivity index (χ4n) is 4.72. The molecule has 33 heavy (non-hydrogen) atoms. The fraction of sp³-hybridized carbons (Fsp3) is 0.520. The molecule has 2 fully saturated rings. The molecule has 2 aromatic rings. The molecular formula is C25H33N3O4S. The second kappa shape index (κ2) is 9.06. The third-order valence-electron chi connectivity index (χ3n) is 6.61. The summed E-state index contributed by atoms with van der Waals surface area (Å²) >= 11 is 0. The number of piperidine rings is 1. The monoisotopic (exact) mass is 471 g/mol. The van der Waals surface area contributed by atoms with Gasteiger partial charge in [-0.2, -0.15) is 4.31 Å². The highest BCUT2D eigenvalue weighted by molar-refractivity contribution is 7.89. The number of hydrogen-bond donors (Lipinski definition) is 0. The summed E-state index contributed by atoms with van der Waals surface area (Å²) in [7, 11) is -3.62. The summed E-state index contributed by atoms with van der Waals surface area (Å²) in [5.74, 6) is -0.107. The van der Waals surface area contributed by atoms with Crippen molar-refractivity contribution in [3.05, 3.63) is 42.5 Å². The summed E-state index contributed by atoms with van der Waals surface area (Å²) in [6, 6.07) is 12.9. The largest absolute Gasteiger partial charge is 0.341 e. The van der Waals surface area contributed by atoms with Crippen molar-refractivity contribution < 1.29 is 18.0 Å². The molecule has 2 aliphatic rings. The molecule has 2 heterocycles. The van der Waals surface area contributed by atoms with Crippen LogP contribution in [0.1, 0.15) is 33.6 Å². The van der Waals surface area contributed by atoms with Crippen molar-refractivity contribution in [2.75, 3.05) is 39.3 Å². The fourth-order valence-corrected chi connectivity index (χ4v) is 6.18. The van der Waals surface area contributed by atoms with Crippen molar-refractivity contribution in [2.45, 2.75) is 38.5 Å². The summed E-state index contributed by atoms with van der Waals surface area (Å²) in [4.78, 5) is 29.7. The Bertz CT molecular complexity index is 1150. The highest BCUT2D eigenvalue weighted by Crippen LogP contribution is 2.26. The number of carbonyl (C=O) groups is 2. The first kappa shape index (κ1) is 23.7. The molecule has 2 aromatic carbocycles. The molecular weight excluding hydrogens is 438 g/mol. The van der Waals surface area contributed by atoms with Crippen molar-refractivity contribution in [1.82, 2.24) is 14.1 Å². The van der Waals surface area contributed by atoms with Gasteiger partial charge in [-0.1, -0.05) is 51.1 Å². The van der Waals surface area contributed by atoms with Crippen LogP contribution >= 0.6 is 0 Å². The van der Waals surface area contributed by atoms with Crippen LogP contribution in [0.25, 0.3) is 10.8 Å². The van der Waals surface area contributed by atoms with E-state index < -0.39 is 15.4 Å². The minimum Gasteiger partial charge on any atom is -0.341 e. The van der Waals surface area contributed by atoms with E-state index in [2.05, 4.69) is 0 Å². The number of sulfonamides is 1. The molecule has 1 unspecified atom stereocenters. The smallest absolute Gasteiger partial charge is 0.243 e. The van der Waals surface area contributed by atoms with Gasteiger partial charge in [0, 0.05) is 44.7 Å². The number of amides is 2. The molecule has 7 nitrogen and oxygen atoms in total. The average Bonchev–Trinajstić information content (AvgIpc) is 2.82. The first-order chi connectivity index (χ1) is 15.6. The van der Waals surface area contributed by atoms with Gasteiger partial charge in [0.2, 0.25) is 21.8 Å². The average molecular weight is 472 g/mol. The molecule has 0 spiro atoms. The van der Waals surface area contributed by atoms with E-state index in [1.54, 1.807) is 17.0 Å². The molecule has 2 amide bonds. The lowest BCUT2D eigenvalue weighted by molar-refractivity contribution is -0.145. The molecule has 0 radical (unpaired) electrons. The standard InChI is InChI=1S/C25H33N3O4S/c1-25(2,3)24(30)27-12-6-9-21(18-27)23(29)26-13-15-28(16-14-26)33(31,32)22-11-10-19-7-4-5-8-20(19)17-22/h4-5,7-8,10-11,17,21H,6,9,12-16,18H2,1-3H3. The van der Waals surface area contributed by atoms with Gasteiger partial charge in [0.15, 0.2) is 0 Å². The van der Waals surface area contributed by atoms with Crippen molar-refractivity contribution >= 4 is 32.6 Å². The second-order valence-electron chi connectivity index (χ2n) is 10.1. The van der Waals surface area contributed by atoms with Gasteiger partial charge < -0.3 is 9.80 Å². The SMILES string of the molecule is CC(C)(C)C(=O)N1CCCC(C(=O)N2CCN(S(=O)(=O)c3ccc4ccccc4c3)CC2)C1. The maximum atomic E-state index is 13.2. The Kier molecular flexibility index (Phi) is 6.51. The van der Waals surface area contributed by atoms with Gasteiger partial charge in [-0.3, -0.25) is 9.59 Å². The molecule has 0 aliphatic carbocycles. The third-order valence-corrected chi connectivity index (χ3v) is 8.50. The Morgan fingerprint density at radius 1 is 0.879 bits per heavy atom. The second-order valence-corrected chi connectivity index (χ2v) is 12.0. The molecule has 0 saturated carbocycles. The molecule has 8 heteroatoms. The number of benzene rings is 2. The number of nitrogens with zero attached hydrogens (tertiary/aromatic N) is 3. The minimum atomic E-state index is -3.62. The Hall–Kier alpha value is -2.45. The quantitative estimate of drug-likeness (QED) is 0.690. The van der Waals surface area contributed by atoms with Crippen molar-refractivity contribution in [2.24, 2.45) is 11.3 Å². The van der Waals surface area contributed by atoms with Crippen molar-refractivity contribution in [1.29, 1.82) is 0 Å². The molecule has 0 aromatic heterocycles. The predicted molar refractivity (Wildman–Crippen MR) is 128 cm³/mol. The summed E-state index contributed by atoms with van der Waals surface area (Å²) in [5.41, 5.74) is -0.465. The number of likely N-dealkylation sites (tertiary alicyclic amines) is 1. The first-order valence-electron chi connectivity index (χ1n) is 11.6. The molecule has 0 bridgehead atoms. The zero-order valence-electron chi connectivity index (χ0n) is 19.7. The van der Waals surface area contributed by atoms with Crippen molar-refractivity contribution in [3.8, 4) is 0 Å². The maximum Gasteiger partial charge on any atom is 0.243 e. The predicted octanol–water partition coefficient (Wildman–Crippen LogP) is 2.96. The van der Waals surface area contributed by atoms with Gasteiger partial charge in [0.25, 0.3) is 0 Å². The van der Waals surface area contributed by atoms with Crippen LogP contribution in [0.5, 0.6) is 0 Å². The van der Waals surface area contributed by atoms with E-state index in [0.717, 1.165) is 23.6 Å². The lowest BCUT2D eigenvalue weighted by Crippen LogP contribution is -2.54. The van der Waals surface area contributed by atoms with Crippen LogP contribution in [0.3, 0.4) is 0 Å². The van der Waals surface area contributed by atoms with E-state index in [9.17, 15) is 18.0 Å². The Balaban J connectivity index is 1.39. The molecule has 4 rings (SSSR count). The van der Waals surface area contributed by atoms with Crippen LogP contribution in [0.4, 0.5) is 0 Å². The summed E-state index contributed by atoms with van der Waals surface area (Å²) < 4.78 is 27.9. The van der Waals surface area contributed by atoms with Crippen LogP contribution in [0.15, 0.2) is 47.4 Å². The van der Waals surface area contributed by atoms with Gasteiger partial charge in [0.1, 0.15) is 0 Å².